The summed E-state index contributed by atoms with van der Waals surface area (Å²) in [6, 6.07) is 5.83. The van der Waals surface area contributed by atoms with Crippen LogP contribution in [0, 0.1) is 11.8 Å². The zero-order chi connectivity index (χ0) is 13.0. The quantitative estimate of drug-likeness (QED) is 0.801. The van der Waals surface area contributed by atoms with Gasteiger partial charge >= 0.3 is 0 Å². The van der Waals surface area contributed by atoms with E-state index in [1.54, 1.807) is 0 Å². The van der Waals surface area contributed by atoms with Gasteiger partial charge in [-0.15, -0.1) is 0 Å². The van der Waals surface area contributed by atoms with Gasteiger partial charge in [-0.3, -0.25) is 0 Å². The third-order valence-electron chi connectivity index (χ3n) is 4.12. The molecule has 1 aliphatic carbocycles. The van der Waals surface area contributed by atoms with E-state index in [0.717, 1.165) is 18.0 Å². The third-order valence-corrected chi connectivity index (χ3v) is 4.70. The fourth-order valence-electron chi connectivity index (χ4n) is 3.01. The Kier molecular flexibility index (Phi) is 5.35. The van der Waals surface area contributed by atoms with Crippen LogP contribution in [-0.2, 0) is 6.42 Å². The van der Waals surface area contributed by atoms with Crippen molar-refractivity contribution in [3.05, 3.63) is 33.8 Å². The molecule has 1 aromatic carbocycles. The third kappa shape index (κ3) is 3.63. The molecule has 0 spiro atoms. The first-order valence-corrected chi connectivity index (χ1v) is 7.60. The molecule has 0 saturated heterocycles. The molecule has 1 fully saturated rings. The summed E-state index contributed by atoms with van der Waals surface area (Å²) in [4.78, 5) is 0. The van der Waals surface area contributed by atoms with Gasteiger partial charge in [0.1, 0.15) is 0 Å². The van der Waals surface area contributed by atoms with Gasteiger partial charge in [-0.25, -0.2) is 0 Å². The van der Waals surface area contributed by atoms with E-state index in [4.69, 9.17) is 28.9 Å². The second-order valence-electron chi connectivity index (χ2n) is 5.33. The Morgan fingerprint density at radius 2 is 1.78 bits per heavy atom. The van der Waals surface area contributed by atoms with Crippen LogP contribution in [0.5, 0.6) is 0 Å². The largest absolute Gasteiger partial charge is 0.330 e. The Morgan fingerprint density at radius 1 is 1.06 bits per heavy atom. The molecule has 0 amide bonds. The van der Waals surface area contributed by atoms with Gasteiger partial charge in [0.25, 0.3) is 0 Å². The van der Waals surface area contributed by atoms with Crippen molar-refractivity contribution in [1.29, 1.82) is 0 Å². The van der Waals surface area contributed by atoms with Crippen LogP contribution in [0.25, 0.3) is 0 Å². The molecule has 1 saturated carbocycles. The van der Waals surface area contributed by atoms with Crippen molar-refractivity contribution in [2.45, 2.75) is 38.5 Å². The summed E-state index contributed by atoms with van der Waals surface area (Å²) >= 11 is 12.2. The van der Waals surface area contributed by atoms with Crippen LogP contribution in [0.1, 0.15) is 37.7 Å². The van der Waals surface area contributed by atoms with E-state index in [9.17, 15) is 0 Å². The van der Waals surface area contributed by atoms with Crippen LogP contribution in [-0.4, -0.2) is 6.54 Å². The first-order chi connectivity index (χ1) is 8.70. The standard InChI is InChI=1S/C15H21Cl2N/c16-14-7-6-12(15(17)9-14)8-11-4-2-1-3-5-13(11)10-18/h6-7,9,11,13H,1-5,8,10,18H2. The van der Waals surface area contributed by atoms with Gasteiger partial charge in [0.15, 0.2) is 0 Å². The van der Waals surface area contributed by atoms with E-state index < -0.39 is 0 Å². The van der Waals surface area contributed by atoms with E-state index in [1.807, 2.05) is 12.1 Å². The molecule has 1 nitrogen and oxygen atoms in total. The molecule has 2 unspecified atom stereocenters. The summed E-state index contributed by atoms with van der Waals surface area (Å²) in [6.45, 7) is 0.801. The molecular formula is C15H21Cl2N. The lowest BCUT2D eigenvalue weighted by atomic mass is 9.83. The van der Waals surface area contributed by atoms with Crippen LogP contribution in [0.15, 0.2) is 18.2 Å². The fourth-order valence-corrected chi connectivity index (χ4v) is 3.50. The minimum absolute atomic E-state index is 0.652. The molecule has 100 valence electrons. The van der Waals surface area contributed by atoms with Crippen LogP contribution in [0.2, 0.25) is 10.0 Å². The maximum Gasteiger partial charge on any atom is 0.0452 e. The summed E-state index contributed by atoms with van der Waals surface area (Å²) in [5, 5.41) is 1.50. The van der Waals surface area contributed by atoms with Crippen LogP contribution in [0.4, 0.5) is 0 Å². The van der Waals surface area contributed by atoms with Crippen molar-refractivity contribution < 1.29 is 0 Å². The van der Waals surface area contributed by atoms with E-state index in [-0.39, 0.29) is 0 Å². The van der Waals surface area contributed by atoms with E-state index in [1.165, 1.54) is 37.7 Å². The molecule has 0 radical (unpaired) electrons. The molecule has 1 aliphatic rings. The fraction of sp³-hybridized carbons (Fsp3) is 0.600. The van der Waals surface area contributed by atoms with Gasteiger partial charge in [0, 0.05) is 10.0 Å². The van der Waals surface area contributed by atoms with Crippen molar-refractivity contribution >= 4 is 23.2 Å². The van der Waals surface area contributed by atoms with Crippen molar-refractivity contribution in [2.75, 3.05) is 6.54 Å². The zero-order valence-electron chi connectivity index (χ0n) is 10.7. The monoisotopic (exact) mass is 285 g/mol. The molecule has 3 heteroatoms. The van der Waals surface area contributed by atoms with Crippen molar-refractivity contribution in [3.8, 4) is 0 Å². The summed E-state index contributed by atoms with van der Waals surface area (Å²) < 4.78 is 0. The van der Waals surface area contributed by atoms with Gasteiger partial charge in [-0.05, 0) is 55.3 Å². The molecule has 0 aromatic heterocycles. The highest BCUT2D eigenvalue weighted by atomic mass is 35.5. The number of halogens is 2. The van der Waals surface area contributed by atoms with Gasteiger partial charge < -0.3 is 5.73 Å². The number of nitrogens with two attached hydrogens (primary N) is 1. The molecule has 18 heavy (non-hydrogen) atoms. The molecule has 2 rings (SSSR count). The highest BCUT2D eigenvalue weighted by Crippen LogP contribution is 2.33. The van der Waals surface area contributed by atoms with Crippen LogP contribution < -0.4 is 5.73 Å². The lowest BCUT2D eigenvalue weighted by molar-refractivity contribution is 0.318. The first-order valence-electron chi connectivity index (χ1n) is 6.84. The Labute approximate surface area is 120 Å². The Hall–Kier alpha value is -0.240. The molecule has 2 atom stereocenters. The molecule has 0 aliphatic heterocycles. The van der Waals surface area contributed by atoms with E-state index in [0.29, 0.717) is 16.9 Å². The van der Waals surface area contributed by atoms with Crippen molar-refractivity contribution in [2.24, 2.45) is 17.6 Å². The van der Waals surface area contributed by atoms with Crippen molar-refractivity contribution in [1.82, 2.24) is 0 Å². The smallest absolute Gasteiger partial charge is 0.0452 e. The molecule has 1 aromatic rings. The Balaban J connectivity index is 2.10. The minimum Gasteiger partial charge on any atom is -0.330 e. The zero-order valence-corrected chi connectivity index (χ0v) is 12.2. The predicted molar refractivity (Wildman–Crippen MR) is 79.3 cm³/mol. The highest BCUT2D eigenvalue weighted by Gasteiger charge is 2.23. The lowest BCUT2D eigenvalue weighted by Crippen LogP contribution is -2.24. The highest BCUT2D eigenvalue weighted by molar-refractivity contribution is 6.35. The van der Waals surface area contributed by atoms with Crippen molar-refractivity contribution in [3.63, 3.8) is 0 Å². The molecule has 0 bridgehead atoms. The molecular weight excluding hydrogens is 265 g/mol. The van der Waals surface area contributed by atoms with Gasteiger partial charge in [0.05, 0.1) is 0 Å². The second-order valence-corrected chi connectivity index (χ2v) is 6.18. The van der Waals surface area contributed by atoms with E-state index in [2.05, 4.69) is 6.07 Å². The average molecular weight is 286 g/mol. The van der Waals surface area contributed by atoms with Gasteiger partial charge in [0.2, 0.25) is 0 Å². The summed E-state index contributed by atoms with van der Waals surface area (Å²) in [6.07, 6.45) is 7.59. The summed E-state index contributed by atoms with van der Waals surface area (Å²) in [5.41, 5.74) is 7.14. The summed E-state index contributed by atoms with van der Waals surface area (Å²) in [5.74, 6) is 1.33. The average Bonchev–Trinajstić information content (AvgIpc) is 2.57. The topological polar surface area (TPSA) is 26.0 Å². The molecule has 2 N–H and O–H groups in total. The minimum atomic E-state index is 0.652. The first kappa shape index (κ1) is 14.2. The Morgan fingerprint density at radius 3 is 2.44 bits per heavy atom. The number of rotatable bonds is 3. The number of hydrogen-bond donors (Lipinski definition) is 1. The summed E-state index contributed by atoms with van der Waals surface area (Å²) in [7, 11) is 0. The van der Waals surface area contributed by atoms with E-state index >= 15 is 0 Å². The van der Waals surface area contributed by atoms with Gasteiger partial charge in [-0.2, -0.15) is 0 Å². The number of hydrogen-bond acceptors (Lipinski definition) is 1. The van der Waals surface area contributed by atoms with Crippen LogP contribution in [0.3, 0.4) is 0 Å². The van der Waals surface area contributed by atoms with Gasteiger partial charge in [-0.1, -0.05) is 48.5 Å². The molecule has 0 heterocycles. The maximum atomic E-state index is 6.26. The Bertz CT molecular complexity index is 392. The predicted octanol–water partition coefficient (Wildman–Crippen LogP) is 4.69. The maximum absolute atomic E-state index is 6.26. The number of benzene rings is 1. The normalized spacial score (nSPS) is 24.8. The van der Waals surface area contributed by atoms with Crippen LogP contribution >= 0.6 is 23.2 Å². The second kappa shape index (κ2) is 6.79. The lowest BCUT2D eigenvalue weighted by Gasteiger charge is -2.24. The SMILES string of the molecule is NCC1CCCCCC1Cc1ccc(Cl)cc1Cl.